The van der Waals surface area contributed by atoms with Crippen LogP contribution >= 0.6 is 0 Å². The molecule has 0 aliphatic carbocycles. The number of hydrogen-bond acceptors (Lipinski definition) is 7. The van der Waals surface area contributed by atoms with Crippen molar-refractivity contribution in [3.8, 4) is 0 Å². The maximum atomic E-state index is 12.2. The fourth-order valence-corrected chi connectivity index (χ4v) is 2.65. The second-order valence-electron chi connectivity index (χ2n) is 3.95. The summed E-state index contributed by atoms with van der Waals surface area (Å²) >= 11 is 0. The van der Waals surface area contributed by atoms with Crippen LogP contribution in [0.4, 0.5) is 5.69 Å². The molecule has 0 aliphatic heterocycles. The van der Waals surface area contributed by atoms with Gasteiger partial charge >= 0.3 is 0 Å². The molecule has 108 valence electrons. The molecule has 0 saturated carbocycles. The summed E-state index contributed by atoms with van der Waals surface area (Å²) in [7, 11) is -3.75. The van der Waals surface area contributed by atoms with Crippen LogP contribution in [0.3, 0.4) is 0 Å². The lowest BCUT2D eigenvalue weighted by Gasteiger charge is -2.09. The number of rotatable bonds is 6. The Hall–Kier alpha value is -2.00. The molecule has 2 N–H and O–H groups in total. The molecule has 0 aromatic carbocycles. The number of nitrogens with one attached hydrogen (secondary N) is 2. The second kappa shape index (κ2) is 5.97. The molecule has 2 aromatic heterocycles. The van der Waals surface area contributed by atoms with Crippen LogP contribution < -0.4 is 10.0 Å². The van der Waals surface area contributed by atoms with Gasteiger partial charge in [-0.25, -0.2) is 18.1 Å². The lowest BCUT2D eigenvalue weighted by atomic mass is 10.4. The summed E-state index contributed by atoms with van der Waals surface area (Å²) in [4.78, 5) is 7.83. The average molecular weight is 297 g/mol. The third-order valence-electron chi connectivity index (χ3n) is 2.38. The Morgan fingerprint density at radius 3 is 2.85 bits per heavy atom. The molecular weight excluding hydrogens is 282 g/mol. The van der Waals surface area contributed by atoms with Crippen LogP contribution in [-0.2, 0) is 16.6 Å². The maximum Gasteiger partial charge on any atom is 0.260 e. The Bertz CT molecular complexity index is 683. The van der Waals surface area contributed by atoms with E-state index in [1.807, 2.05) is 6.92 Å². The van der Waals surface area contributed by atoms with E-state index in [9.17, 15) is 8.42 Å². The standard InChI is InChI=1S/C11H15N5O3S/c1-3-12-9-5-4-6-13-11(9)20(17,18)14-7-10-15-8(2)16-19-10/h4-6,12,14H,3,7H2,1-2H3. The zero-order chi connectivity index (χ0) is 14.6. The second-order valence-corrected chi connectivity index (χ2v) is 5.63. The molecule has 2 aromatic rings. The zero-order valence-electron chi connectivity index (χ0n) is 11.1. The number of nitrogens with zero attached hydrogens (tertiary/aromatic N) is 3. The predicted molar refractivity (Wildman–Crippen MR) is 71.5 cm³/mol. The Kier molecular flexibility index (Phi) is 4.30. The number of sulfonamides is 1. The molecule has 0 amide bonds. The first kappa shape index (κ1) is 14.4. The molecule has 0 aliphatic rings. The minimum atomic E-state index is -3.75. The minimum absolute atomic E-state index is 0.0573. The van der Waals surface area contributed by atoms with Gasteiger partial charge in [-0.3, -0.25) is 0 Å². The highest BCUT2D eigenvalue weighted by Crippen LogP contribution is 2.17. The summed E-state index contributed by atoms with van der Waals surface area (Å²) in [6.07, 6.45) is 1.42. The first-order valence-corrected chi connectivity index (χ1v) is 7.49. The van der Waals surface area contributed by atoms with E-state index in [-0.39, 0.29) is 17.5 Å². The van der Waals surface area contributed by atoms with Crippen molar-refractivity contribution in [2.24, 2.45) is 0 Å². The van der Waals surface area contributed by atoms with E-state index in [2.05, 4.69) is 25.2 Å². The van der Waals surface area contributed by atoms with Gasteiger partial charge in [-0.1, -0.05) is 5.16 Å². The third kappa shape index (κ3) is 3.31. The highest BCUT2D eigenvalue weighted by atomic mass is 32.2. The van der Waals surface area contributed by atoms with Crippen molar-refractivity contribution in [2.45, 2.75) is 25.4 Å². The summed E-state index contributed by atoms with van der Waals surface area (Å²) in [6, 6.07) is 3.32. The van der Waals surface area contributed by atoms with Crippen molar-refractivity contribution in [1.82, 2.24) is 19.8 Å². The predicted octanol–water partition coefficient (Wildman–Crippen LogP) is 0.683. The summed E-state index contributed by atoms with van der Waals surface area (Å²) in [6.45, 7) is 4.05. The van der Waals surface area contributed by atoms with Gasteiger partial charge in [-0.15, -0.1) is 0 Å². The van der Waals surface area contributed by atoms with Crippen LogP contribution in [0.15, 0.2) is 27.9 Å². The molecule has 9 heteroatoms. The van der Waals surface area contributed by atoms with E-state index in [1.54, 1.807) is 19.1 Å². The normalized spacial score (nSPS) is 11.5. The van der Waals surface area contributed by atoms with E-state index < -0.39 is 10.0 Å². The van der Waals surface area contributed by atoms with Gasteiger partial charge in [-0.05, 0) is 26.0 Å². The lowest BCUT2D eigenvalue weighted by Crippen LogP contribution is -2.25. The van der Waals surface area contributed by atoms with Crippen molar-refractivity contribution < 1.29 is 12.9 Å². The number of hydrogen-bond donors (Lipinski definition) is 2. The summed E-state index contributed by atoms with van der Waals surface area (Å²) < 4.78 is 31.6. The van der Waals surface area contributed by atoms with Crippen molar-refractivity contribution in [2.75, 3.05) is 11.9 Å². The SMILES string of the molecule is CCNc1cccnc1S(=O)(=O)NCc1nc(C)no1. The molecule has 2 heterocycles. The van der Waals surface area contributed by atoms with Crippen LogP contribution in [-0.4, -0.2) is 30.1 Å². The Morgan fingerprint density at radius 2 is 2.20 bits per heavy atom. The zero-order valence-corrected chi connectivity index (χ0v) is 11.9. The molecule has 0 saturated heterocycles. The monoisotopic (exact) mass is 297 g/mol. The smallest absolute Gasteiger partial charge is 0.260 e. The van der Waals surface area contributed by atoms with Gasteiger partial charge in [0.15, 0.2) is 10.9 Å². The molecule has 0 atom stereocenters. The quantitative estimate of drug-likeness (QED) is 0.806. The topological polar surface area (TPSA) is 110 Å². The molecule has 0 radical (unpaired) electrons. The van der Waals surface area contributed by atoms with Gasteiger partial charge < -0.3 is 9.84 Å². The van der Waals surface area contributed by atoms with Crippen molar-refractivity contribution in [1.29, 1.82) is 0 Å². The van der Waals surface area contributed by atoms with Gasteiger partial charge in [0, 0.05) is 12.7 Å². The number of pyridine rings is 1. The van der Waals surface area contributed by atoms with Crippen molar-refractivity contribution >= 4 is 15.7 Å². The van der Waals surface area contributed by atoms with Gasteiger partial charge in [0.1, 0.15) is 0 Å². The summed E-state index contributed by atoms with van der Waals surface area (Å²) in [5.41, 5.74) is 0.448. The first-order chi connectivity index (χ1) is 9.53. The van der Waals surface area contributed by atoms with E-state index in [0.29, 0.717) is 18.1 Å². The third-order valence-corrected chi connectivity index (χ3v) is 3.73. The lowest BCUT2D eigenvalue weighted by molar-refractivity contribution is 0.372. The van der Waals surface area contributed by atoms with Crippen molar-refractivity contribution in [3.63, 3.8) is 0 Å². The largest absolute Gasteiger partial charge is 0.383 e. The van der Waals surface area contributed by atoms with E-state index in [4.69, 9.17) is 4.52 Å². The van der Waals surface area contributed by atoms with Crippen LogP contribution in [0, 0.1) is 6.92 Å². The van der Waals surface area contributed by atoms with Gasteiger partial charge in [0.05, 0.1) is 12.2 Å². The van der Waals surface area contributed by atoms with Crippen LogP contribution in [0.1, 0.15) is 18.6 Å². The van der Waals surface area contributed by atoms with Crippen LogP contribution in [0.5, 0.6) is 0 Å². The number of anilines is 1. The first-order valence-electron chi connectivity index (χ1n) is 6.00. The van der Waals surface area contributed by atoms with E-state index in [1.165, 1.54) is 6.20 Å². The molecule has 0 bridgehead atoms. The summed E-state index contributed by atoms with van der Waals surface area (Å²) in [5, 5.41) is 6.48. The summed E-state index contributed by atoms with van der Waals surface area (Å²) in [5.74, 6) is 0.650. The fraction of sp³-hybridized carbons (Fsp3) is 0.364. The maximum absolute atomic E-state index is 12.2. The van der Waals surface area contributed by atoms with Crippen LogP contribution in [0.25, 0.3) is 0 Å². The number of aryl methyl sites for hydroxylation is 1. The molecule has 0 spiro atoms. The highest BCUT2D eigenvalue weighted by Gasteiger charge is 2.20. The van der Waals surface area contributed by atoms with Gasteiger partial charge in [-0.2, -0.15) is 4.98 Å². The molecule has 0 fully saturated rings. The van der Waals surface area contributed by atoms with E-state index >= 15 is 0 Å². The Balaban J connectivity index is 2.18. The number of aromatic nitrogens is 3. The minimum Gasteiger partial charge on any atom is -0.383 e. The van der Waals surface area contributed by atoms with Gasteiger partial charge in [0.25, 0.3) is 10.0 Å². The molecule has 2 rings (SSSR count). The van der Waals surface area contributed by atoms with Crippen LogP contribution in [0.2, 0.25) is 0 Å². The molecular formula is C11H15N5O3S. The Labute approximate surface area is 116 Å². The highest BCUT2D eigenvalue weighted by molar-refractivity contribution is 7.89. The molecule has 0 unspecified atom stereocenters. The van der Waals surface area contributed by atoms with Crippen molar-refractivity contribution in [3.05, 3.63) is 30.0 Å². The average Bonchev–Trinajstić information content (AvgIpc) is 2.83. The Morgan fingerprint density at radius 1 is 1.40 bits per heavy atom. The van der Waals surface area contributed by atoms with Gasteiger partial charge in [0.2, 0.25) is 5.89 Å². The molecule has 8 nitrogen and oxygen atoms in total. The van der Waals surface area contributed by atoms with E-state index in [0.717, 1.165) is 0 Å². The fourth-order valence-electron chi connectivity index (χ4n) is 1.57. The molecule has 20 heavy (non-hydrogen) atoms.